The molecule has 1 aliphatic rings. The van der Waals surface area contributed by atoms with E-state index >= 15 is 0 Å². The fourth-order valence-electron chi connectivity index (χ4n) is 4.53. The van der Waals surface area contributed by atoms with E-state index in [-0.39, 0.29) is 0 Å². The van der Waals surface area contributed by atoms with E-state index in [4.69, 9.17) is 4.74 Å². The molecule has 1 N–H and O–H groups in total. The second kappa shape index (κ2) is 12.9. The molecule has 2 aromatic heterocycles. The number of ether oxygens (including phenoxy) is 1. The maximum Gasteiger partial charge on any atom is 0.243 e. The van der Waals surface area contributed by atoms with Crippen molar-refractivity contribution < 1.29 is 9.13 Å². The molecule has 0 radical (unpaired) electrons. The minimum atomic E-state index is -1.08. The summed E-state index contributed by atoms with van der Waals surface area (Å²) < 4.78 is 20.8. The molecule has 198 valence electrons. The zero-order chi connectivity index (χ0) is 26.2. The number of benzene rings is 2. The minimum absolute atomic E-state index is 0.370. The summed E-state index contributed by atoms with van der Waals surface area (Å²) in [7, 11) is 0. The number of para-hydroxylation sites is 1. The maximum absolute atomic E-state index is 14.7. The van der Waals surface area contributed by atoms with E-state index < -0.39 is 6.17 Å². The normalized spacial score (nSPS) is 15.3. The molecule has 1 saturated heterocycles. The molecule has 0 saturated carbocycles. The quantitative estimate of drug-likeness (QED) is 0.233. The van der Waals surface area contributed by atoms with Gasteiger partial charge in [-0.05, 0) is 30.2 Å². The average molecular weight is 533 g/mol. The van der Waals surface area contributed by atoms with Gasteiger partial charge in [0.15, 0.2) is 0 Å². The van der Waals surface area contributed by atoms with E-state index in [2.05, 4.69) is 60.6 Å². The molecule has 2 aromatic carbocycles. The van der Waals surface area contributed by atoms with Gasteiger partial charge in [-0.25, -0.2) is 9.37 Å². The molecule has 1 atom stereocenters. The van der Waals surface area contributed by atoms with Crippen LogP contribution in [0.2, 0.25) is 0 Å². The van der Waals surface area contributed by atoms with Gasteiger partial charge in [-0.15, -0.1) is 10.2 Å². The topological polar surface area (TPSA) is 66.4 Å². The molecule has 1 unspecified atom stereocenters. The van der Waals surface area contributed by atoms with E-state index in [9.17, 15) is 4.39 Å². The standard InChI is InChI=1S/C29H33FN6OS/c1-2-9-24(30)23-12-6-7-14-26(23)37-28-25(13-8-15-31-28)32-29-34-33-27(38-29)21-36-18-16-35(17-19-36)20-22-10-4-3-5-11-22/h3-8,10-15,24H,2,9,16-21H2,1H3,(H,32,34). The second-order valence-electron chi connectivity index (χ2n) is 9.42. The summed E-state index contributed by atoms with van der Waals surface area (Å²) in [6.07, 6.45) is 1.78. The maximum atomic E-state index is 14.7. The molecule has 1 aliphatic heterocycles. The van der Waals surface area contributed by atoms with Crippen molar-refractivity contribution in [3.63, 3.8) is 0 Å². The Bertz CT molecular complexity index is 1290. The summed E-state index contributed by atoms with van der Waals surface area (Å²) in [4.78, 5) is 9.31. The van der Waals surface area contributed by atoms with Crippen molar-refractivity contribution in [2.24, 2.45) is 0 Å². The first-order chi connectivity index (χ1) is 18.7. The van der Waals surface area contributed by atoms with Gasteiger partial charge < -0.3 is 10.1 Å². The number of nitrogens with one attached hydrogen (secondary N) is 1. The Morgan fingerprint density at radius 2 is 1.66 bits per heavy atom. The van der Waals surface area contributed by atoms with Gasteiger partial charge in [-0.2, -0.15) is 0 Å². The van der Waals surface area contributed by atoms with Crippen LogP contribution in [0.5, 0.6) is 11.6 Å². The minimum Gasteiger partial charge on any atom is -0.437 e. The van der Waals surface area contributed by atoms with Gasteiger partial charge in [0.2, 0.25) is 11.0 Å². The van der Waals surface area contributed by atoms with Gasteiger partial charge in [0.05, 0.1) is 6.54 Å². The first kappa shape index (κ1) is 26.2. The molecule has 3 heterocycles. The number of pyridine rings is 1. The predicted octanol–water partition coefficient (Wildman–Crippen LogP) is 6.60. The molecule has 38 heavy (non-hydrogen) atoms. The molecular weight excluding hydrogens is 499 g/mol. The number of rotatable bonds is 11. The lowest BCUT2D eigenvalue weighted by molar-refractivity contribution is 0.122. The molecular formula is C29H33FN6OS. The third-order valence-electron chi connectivity index (χ3n) is 6.56. The van der Waals surface area contributed by atoms with Gasteiger partial charge in [-0.1, -0.05) is 73.2 Å². The van der Waals surface area contributed by atoms with E-state index in [1.807, 2.05) is 31.2 Å². The average Bonchev–Trinajstić information content (AvgIpc) is 3.38. The number of nitrogens with zero attached hydrogens (tertiary/aromatic N) is 5. The van der Waals surface area contributed by atoms with Gasteiger partial charge in [0, 0.05) is 44.5 Å². The zero-order valence-electron chi connectivity index (χ0n) is 21.6. The Hall–Kier alpha value is -3.40. The Morgan fingerprint density at radius 3 is 2.45 bits per heavy atom. The largest absolute Gasteiger partial charge is 0.437 e. The van der Waals surface area contributed by atoms with Crippen molar-refractivity contribution in [3.05, 3.63) is 89.1 Å². The van der Waals surface area contributed by atoms with Crippen LogP contribution in [0, 0.1) is 0 Å². The van der Waals surface area contributed by atoms with Crippen LogP contribution >= 0.6 is 11.3 Å². The highest BCUT2D eigenvalue weighted by Crippen LogP contribution is 2.36. The highest BCUT2D eigenvalue weighted by molar-refractivity contribution is 7.15. The highest BCUT2D eigenvalue weighted by Gasteiger charge is 2.20. The third kappa shape index (κ3) is 6.92. The third-order valence-corrected chi connectivity index (χ3v) is 7.38. The Labute approximate surface area is 227 Å². The van der Waals surface area contributed by atoms with Gasteiger partial charge in [-0.3, -0.25) is 9.80 Å². The molecule has 0 spiro atoms. The summed E-state index contributed by atoms with van der Waals surface area (Å²) in [5.74, 6) is 0.842. The van der Waals surface area contributed by atoms with E-state index in [1.165, 1.54) is 16.9 Å². The SMILES string of the molecule is CCCC(F)c1ccccc1Oc1ncccc1Nc1nnc(CN2CCN(Cc3ccccc3)CC2)s1. The molecule has 0 bridgehead atoms. The summed E-state index contributed by atoms with van der Waals surface area (Å²) >= 11 is 1.52. The number of piperazine rings is 1. The number of hydrogen-bond acceptors (Lipinski definition) is 8. The molecule has 9 heteroatoms. The molecule has 1 fully saturated rings. The Morgan fingerprint density at radius 1 is 0.921 bits per heavy atom. The van der Waals surface area contributed by atoms with Crippen LogP contribution in [-0.4, -0.2) is 51.2 Å². The van der Waals surface area contributed by atoms with Crippen molar-refractivity contribution in [2.45, 2.75) is 39.0 Å². The summed E-state index contributed by atoms with van der Waals surface area (Å²) in [6, 6.07) is 21.5. The second-order valence-corrected chi connectivity index (χ2v) is 10.5. The first-order valence-corrected chi connectivity index (χ1v) is 13.9. The van der Waals surface area contributed by atoms with Gasteiger partial charge in [0.25, 0.3) is 0 Å². The lowest BCUT2D eigenvalue weighted by Gasteiger charge is -2.34. The summed E-state index contributed by atoms with van der Waals surface area (Å²) in [5.41, 5.74) is 2.55. The van der Waals surface area contributed by atoms with E-state index in [0.29, 0.717) is 34.4 Å². The van der Waals surface area contributed by atoms with Crippen LogP contribution in [0.15, 0.2) is 72.9 Å². The number of hydrogen-bond donors (Lipinski definition) is 1. The molecule has 5 rings (SSSR count). The van der Waals surface area contributed by atoms with Crippen LogP contribution in [0.25, 0.3) is 0 Å². The smallest absolute Gasteiger partial charge is 0.243 e. The lowest BCUT2D eigenvalue weighted by Crippen LogP contribution is -2.45. The number of halogens is 1. The number of alkyl halides is 1. The number of aromatic nitrogens is 3. The van der Waals surface area contributed by atoms with Crippen LogP contribution < -0.4 is 10.1 Å². The van der Waals surface area contributed by atoms with Crippen molar-refractivity contribution in [1.29, 1.82) is 0 Å². The van der Waals surface area contributed by atoms with E-state index in [1.54, 1.807) is 18.3 Å². The highest BCUT2D eigenvalue weighted by atomic mass is 32.1. The number of anilines is 2. The van der Waals surface area contributed by atoms with E-state index in [0.717, 1.165) is 50.7 Å². The Kier molecular flexibility index (Phi) is 8.90. The van der Waals surface area contributed by atoms with Gasteiger partial charge >= 0.3 is 0 Å². The molecule has 0 aliphatic carbocycles. The van der Waals surface area contributed by atoms with Crippen LogP contribution in [0.3, 0.4) is 0 Å². The summed E-state index contributed by atoms with van der Waals surface area (Å²) in [5, 5.41) is 13.7. The molecule has 7 nitrogen and oxygen atoms in total. The van der Waals surface area contributed by atoms with Crippen molar-refractivity contribution in [2.75, 3.05) is 31.5 Å². The van der Waals surface area contributed by atoms with Crippen LogP contribution in [0.1, 0.15) is 42.1 Å². The fraction of sp³-hybridized carbons (Fsp3) is 0.345. The fourth-order valence-corrected chi connectivity index (χ4v) is 5.33. The first-order valence-electron chi connectivity index (χ1n) is 13.1. The Balaban J connectivity index is 1.18. The van der Waals surface area contributed by atoms with Crippen molar-refractivity contribution in [3.8, 4) is 11.6 Å². The lowest BCUT2D eigenvalue weighted by atomic mass is 10.1. The zero-order valence-corrected chi connectivity index (χ0v) is 22.4. The molecule has 0 amide bonds. The van der Waals surface area contributed by atoms with Crippen molar-refractivity contribution >= 4 is 22.2 Å². The van der Waals surface area contributed by atoms with Crippen LogP contribution in [-0.2, 0) is 13.1 Å². The summed E-state index contributed by atoms with van der Waals surface area (Å²) in [6.45, 7) is 7.82. The predicted molar refractivity (Wildman–Crippen MR) is 150 cm³/mol. The van der Waals surface area contributed by atoms with Crippen LogP contribution in [0.4, 0.5) is 15.2 Å². The molecule has 4 aromatic rings. The monoisotopic (exact) mass is 532 g/mol. The van der Waals surface area contributed by atoms with Crippen molar-refractivity contribution in [1.82, 2.24) is 25.0 Å². The van der Waals surface area contributed by atoms with Gasteiger partial charge in [0.1, 0.15) is 22.6 Å².